The summed E-state index contributed by atoms with van der Waals surface area (Å²) in [7, 11) is 2.76. The average molecular weight is 945 g/mol. The highest BCUT2D eigenvalue weighted by Crippen LogP contribution is 2.61. The molecule has 68 heavy (non-hydrogen) atoms. The molecule has 1 aromatic rings. The summed E-state index contributed by atoms with van der Waals surface area (Å²) >= 11 is 0. The molecule has 1 spiro atoms. The number of nitrogens with zero attached hydrogens (tertiary/aromatic N) is 1. The summed E-state index contributed by atoms with van der Waals surface area (Å²) in [5, 5.41) is 28.3. The molecule has 1 aromatic carbocycles. The van der Waals surface area contributed by atoms with Crippen molar-refractivity contribution in [3.05, 3.63) is 98.4 Å². The van der Waals surface area contributed by atoms with Crippen molar-refractivity contribution in [1.29, 1.82) is 0 Å². The molecule has 1 amide bonds. The van der Waals surface area contributed by atoms with Crippen LogP contribution in [-0.4, -0.2) is 102 Å². The lowest BCUT2D eigenvalue weighted by molar-refractivity contribution is -0.584. The minimum Gasteiger partial charge on any atom is -0.511 e. The lowest BCUT2D eigenvalue weighted by Gasteiger charge is -2.56. The summed E-state index contributed by atoms with van der Waals surface area (Å²) < 4.78 is 41.8. The molecule has 2 unspecified atom stereocenters. The number of esters is 2. The van der Waals surface area contributed by atoms with E-state index in [2.05, 4.69) is 25.2 Å². The first kappa shape index (κ1) is 50.2. The number of benzene rings is 1. The number of carbonyl (C=O) groups is 5. The summed E-state index contributed by atoms with van der Waals surface area (Å²) in [6.07, 6.45) is 4.33. The Hall–Kier alpha value is -5.65. The second kappa shape index (κ2) is 19.4. The van der Waals surface area contributed by atoms with Crippen LogP contribution in [-0.2, 0) is 54.2 Å². The molecule has 6 aliphatic rings. The number of aliphatic hydroxyl groups is 1. The third-order valence-corrected chi connectivity index (χ3v) is 15.6. The highest BCUT2D eigenvalue weighted by atomic mass is 16.7. The van der Waals surface area contributed by atoms with Crippen LogP contribution in [0.2, 0.25) is 0 Å². The van der Waals surface area contributed by atoms with Gasteiger partial charge in [0.2, 0.25) is 11.3 Å². The van der Waals surface area contributed by atoms with Gasteiger partial charge in [0.05, 0.1) is 51.5 Å². The maximum atomic E-state index is 15.4. The Labute approximate surface area is 396 Å². The van der Waals surface area contributed by atoms with E-state index in [4.69, 9.17) is 33.2 Å². The van der Waals surface area contributed by atoms with Crippen LogP contribution in [0, 0.1) is 51.0 Å². The molecule has 17 nitrogen and oxygen atoms in total. The van der Waals surface area contributed by atoms with Crippen molar-refractivity contribution in [3.63, 3.8) is 0 Å². The quantitative estimate of drug-likeness (QED) is 0.0458. The standard InChI is InChI=1S/C51H64N2O15/c1-26-11-18-38(67-40-23-49(7,53(60)61)44(30(5)65-40)52-48(59)63-10)27(2)20-37-39(66-31(6)55)21-33(24-54)22-51(37)46(57)41(47(58)68-51)45(56)50(8)36(26)17-16-35-42(50)28(3)19-29(4)43(35)64-25-32-12-14-34(62-9)15-13-32/h11-17,20-21,24,28-30,35-40,42-44,56H,18-19,22-23,25H2,1-10H3,(H,52,59)/b26-11+,27-20-,45-41+/t28-,29-,30-,35-,36-,37+,38-,39-,40-,42+,43-,44?,49?,50+,51-/m0/s1. The van der Waals surface area contributed by atoms with Crippen LogP contribution in [0.1, 0.15) is 86.6 Å². The number of aldehydes is 1. The van der Waals surface area contributed by atoms with Crippen molar-refractivity contribution in [1.82, 2.24) is 5.32 Å². The highest BCUT2D eigenvalue weighted by molar-refractivity contribution is 6.26. The number of allylic oxidation sites excluding steroid dienone is 3. The lowest BCUT2D eigenvalue weighted by atomic mass is 9.49. The van der Waals surface area contributed by atoms with E-state index in [9.17, 15) is 34.4 Å². The number of ether oxygens (including phenoxy) is 7. The SMILES string of the molecule is COC(=O)NC1[C@H](C)O[C@@H](O[C@H]2C/C=C(\C)[C@@H]3C=C[C@@H]4[C@@H](OCc5ccc(OC)cc5)[C@@H](C)C[C@H](C)[C@H]4[C@]3(C)/C(O)=C3\C(=O)O[C@]4(CC(C=O)=C[C@H](OC(C)=O)[C@H]4/C=C\2C)C3=O)CC1(C)[N+](=O)[O-]. The van der Waals surface area contributed by atoms with Gasteiger partial charge < -0.3 is 43.6 Å². The first-order valence-corrected chi connectivity index (χ1v) is 23.3. The van der Waals surface area contributed by atoms with Gasteiger partial charge >= 0.3 is 18.0 Å². The zero-order valence-electron chi connectivity index (χ0n) is 40.3. The van der Waals surface area contributed by atoms with Gasteiger partial charge in [-0.15, -0.1) is 0 Å². The Morgan fingerprint density at radius 1 is 1.03 bits per heavy atom. The number of fused-ring (bicyclic) bond motifs is 4. The molecule has 1 saturated carbocycles. The molecule has 0 radical (unpaired) electrons. The van der Waals surface area contributed by atoms with E-state index in [0.29, 0.717) is 24.9 Å². The fourth-order valence-corrected chi connectivity index (χ4v) is 12.3. The Morgan fingerprint density at radius 3 is 2.37 bits per heavy atom. The number of carbonyl (C=O) groups excluding carboxylic acids is 5. The van der Waals surface area contributed by atoms with Crippen LogP contribution in [0.15, 0.2) is 82.7 Å². The average Bonchev–Trinajstić information content (AvgIpc) is 3.53. The van der Waals surface area contributed by atoms with E-state index in [1.165, 1.54) is 19.9 Å². The van der Waals surface area contributed by atoms with Gasteiger partial charge in [0, 0.05) is 42.4 Å². The van der Waals surface area contributed by atoms with Crippen molar-refractivity contribution < 1.29 is 67.2 Å². The Bertz CT molecular complexity index is 2350. The smallest absolute Gasteiger partial charge is 0.407 e. The lowest BCUT2D eigenvalue weighted by Crippen LogP contribution is -2.65. The molecule has 2 saturated heterocycles. The number of amides is 1. The van der Waals surface area contributed by atoms with Gasteiger partial charge in [-0.1, -0.05) is 62.8 Å². The first-order valence-electron chi connectivity index (χ1n) is 23.3. The van der Waals surface area contributed by atoms with Crippen LogP contribution in [0.3, 0.4) is 0 Å². The van der Waals surface area contributed by atoms with Crippen molar-refractivity contribution in [2.75, 3.05) is 14.2 Å². The van der Waals surface area contributed by atoms with E-state index in [-0.39, 0.29) is 54.6 Å². The Kier molecular flexibility index (Phi) is 14.3. The minimum atomic E-state index is -2.15. The van der Waals surface area contributed by atoms with E-state index in [0.717, 1.165) is 24.0 Å². The Morgan fingerprint density at radius 2 is 1.74 bits per heavy atom. The van der Waals surface area contributed by atoms with Crippen molar-refractivity contribution in [3.8, 4) is 5.75 Å². The zero-order valence-corrected chi connectivity index (χ0v) is 40.3. The van der Waals surface area contributed by atoms with Crippen LogP contribution in [0.25, 0.3) is 0 Å². The number of hydrogen-bond donors (Lipinski definition) is 2. The van der Waals surface area contributed by atoms with Crippen LogP contribution < -0.4 is 10.1 Å². The van der Waals surface area contributed by atoms with E-state index in [1.807, 2.05) is 50.3 Å². The molecular weight excluding hydrogens is 881 g/mol. The summed E-state index contributed by atoms with van der Waals surface area (Å²) in [6, 6.07) is 6.53. The number of rotatable bonds is 10. The third kappa shape index (κ3) is 8.92. The largest absolute Gasteiger partial charge is 0.511 e. The molecule has 2 heterocycles. The minimum absolute atomic E-state index is 0.0466. The molecule has 368 valence electrons. The second-order valence-corrected chi connectivity index (χ2v) is 20.0. The second-order valence-electron chi connectivity index (χ2n) is 20.0. The van der Waals surface area contributed by atoms with Gasteiger partial charge in [-0.25, -0.2) is 9.59 Å². The fourth-order valence-electron chi connectivity index (χ4n) is 12.3. The molecule has 7 rings (SSSR count). The summed E-state index contributed by atoms with van der Waals surface area (Å²) in [5.41, 5.74) is -3.53. The van der Waals surface area contributed by atoms with E-state index >= 15 is 4.79 Å². The van der Waals surface area contributed by atoms with Crippen LogP contribution in [0.5, 0.6) is 5.75 Å². The van der Waals surface area contributed by atoms with E-state index in [1.54, 1.807) is 27.0 Å². The summed E-state index contributed by atoms with van der Waals surface area (Å²) in [4.78, 5) is 79.9. The summed E-state index contributed by atoms with van der Waals surface area (Å²) in [6.45, 7) is 14.2. The number of methoxy groups -OCH3 is 2. The molecule has 0 aromatic heterocycles. The number of Topliss-reactive ketones (excluding diaryl/α,β-unsaturated/α-hetero) is 1. The molecule has 2 N–H and O–H groups in total. The monoisotopic (exact) mass is 944 g/mol. The van der Waals surface area contributed by atoms with Crippen molar-refractivity contribution in [2.24, 2.45) is 40.9 Å². The molecule has 2 aliphatic heterocycles. The molecule has 3 fully saturated rings. The Balaban J connectivity index is 1.37. The first-order chi connectivity index (χ1) is 32.1. The highest BCUT2D eigenvalue weighted by Gasteiger charge is 2.65. The normalized spacial score (nSPS) is 40.6. The maximum Gasteiger partial charge on any atom is 0.407 e. The number of alkyl carbamates (subject to hydrolysis) is 1. The summed E-state index contributed by atoms with van der Waals surface area (Å²) in [5.74, 6) is -4.83. The van der Waals surface area contributed by atoms with E-state index < -0.39 is 99.1 Å². The third-order valence-electron chi connectivity index (χ3n) is 15.6. The molecule has 2 bridgehead atoms. The number of nitro groups is 1. The maximum absolute atomic E-state index is 15.4. The van der Waals surface area contributed by atoms with Gasteiger partial charge in [-0.05, 0) is 86.3 Å². The van der Waals surface area contributed by atoms with Gasteiger partial charge in [0.15, 0.2) is 11.9 Å². The van der Waals surface area contributed by atoms with Crippen LogP contribution in [0.4, 0.5) is 4.79 Å². The number of aliphatic hydroxyl groups excluding tert-OH is 1. The zero-order chi connectivity index (χ0) is 49.6. The van der Waals surface area contributed by atoms with Gasteiger partial charge in [-0.3, -0.25) is 24.5 Å². The fraction of sp³-hybridized carbons (Fsp3) is 0.588. The number of hydrogen-bond acceptors (Lipinski definition) is 15. The van der Waals surface area contributed by atoms with Crippen LogP contribution >= 0.6 is 0 Å². The predicted octanol–water partition coefficient (Wildman–Crippen LogP) is 7.01. The topological polar surface area (TPSA) is 225 Å². The van der Waals surface area contributed by atoms with Crippen molar-refractivity contribution >= 4 is 30.1 Å². The predicted molar refractivity (Wildman–Crippen MR) is 244 cm³/mol. The molecular formula is C51H64N2O15. The molecule has 17 heteroatoms. The molecule has 15 atom stereocenters. The number of nitrogens with one attached hydrogen (secondary N) is 1. The molecule has 4 aliphatic carbocycles. The van der Waals surface area contributed by atoms with Gasteiger partial charge in [0.25, 0.3) is 0 Å². The number of ketones is 1. The van der Waals surface area contributed by atoms with Gasteiger partial charge in [0.1, 0.15) is 35.5 Å². The van der Waals surface area contributed by atoms with Gasteiger partial charge in [-0.2, -0.15) is 0 Å². The van der Waals surface area contributed by atoms with Crippen molar-refractivity contribution in [2.45, 2.75) is 136 Å².